The quantitative estimate of drug-likeness (QED) is 0.810. The maximum atomic E-state index is 13.0. The van der Waals surface area contributed by atoms with E-state index in [1.165, 1.54) is 30.3 Å². The summed E-state index contributed by atoms with van der Waals surface area (Å²) in [5.41, 5.74) is 0.808. The number of rotatable bonds is 4. The van der Waals surface area contributed by atoms with E-state index in [2.05, 4.69) is 4.90 Å². The first kappa shape index (κ1) is 19.0. The predicted molar refractivity (Wildman–Crippen MR) is 98.6 cm³/mol. The molecular weight excluding hydrogens is 375 g/mol. The summed E-state index contributed by atoms with van der Waals surface area (Å²) >= 11 is 5.80. The van der Waals surface area contributed by atoms with E-state index in [0.717, 1.165) is 5.69 Å². The van der Waals surface area contributed by atoms with Crippen LogP contribution in [0, 0.1) is 5.82 Å². The van der Waals surface area contributed by atoms with Crippen molar-refractivity contribution in [3.63, 3.8) is 0 Å². The van der Waals surface area contributed by atoms with Gasteiger partial charge in [0.15, 0.2) is 6.61 Å². The summed E-state index contributed by atoms with van der Waals surface area (Å²) < 4.78 is 18.0. The van der Waals surface area contributed by atoms with E-state index in [1.54, 1.807) is 17.0 Å². The van der Waals surface area contributed by atoms with Crippen LogP contribution in [-0.2, 0) is 9.53 Å². The predicted octanol–water partition coefficient (Wildman–Crippen LogP) is 2.69. The second-order valence-corrected chi connectivity index (χ2v) is 6.52. The highest BCUT2D eigenvalue weighted by molar-refractivity contribution is 6.31. The zero-order valence-electron chi connectivity index (χ0n) is 14.4. The van der Waals surface area contributed by atoms with Gasteiger partial charge in [0.25, 0.3) is 5.91 Å². The molecule has 1 heterocycles. The SMILES string of the molecule is O=C(OCC(=O)N1CCN(c2ccc(F)cc2)CC1)c1cc(Cl)ccc1O. The highest BCUT2D eigenvalue weighted by atomic mass is 35.5. The average molecular weight is 393 g/mol. The smallest absolute Gasteiger partial charge is 0.342 e. The Morgan fingerprint density at radius 2 is 1.74 bits per heavy atom. The number of phenolic OH excluding ortho intramolecular Hbond substituents is 1. The summed E-state index contributed by atoms with van der Waals surface area (Å²) in [5.74, 6) is -1.68. The molecule has 2 aromatic carbocycles. The molecule has 0 unspecified atom stereocenters. The standard InChI is InChI=1S/C19H18ClFN2O4/c20-13-1-6-17(24)16(11-13)19(26)27-12-18(25)23-9-7-22(8-10-23)15-4-2-14(21)3-5-15/h1-6,11,24H,7-10,12H2. The van der Waals surface area contributed by atoms with Crippen molar-refractivity contribution in [2.75, 3.05) is 37.7 Å². The summed E-state index contributed by atoms with van der Waals surface area (Å²) in [7, 11) is 0. The van der Waals surface area contributed by atoms with Gasteiger partial charge in [0.2, 0.25) is 0 Å². The van der Waals surface area contributed by atoms with Crippen molar-refractivity contribution in [1.29, 1.82) is 0 Å². The Bertz CT molecular complexity index is 836. The number of nitrogens with zero attached hydrogens (tertiary/aromatic N) is 2. The molecule has 6 nitrogen and oxygen atoms in total. The lowest BCUT2D eigenvalue weighted by Crippen LogP contribution is -2.49. The van der Waals surface area contributed by atoms with Crippen LogP contribution in [0.2, 0.25) is 5.02 Å². The molecule has 3 rings (SSSR count). The van der Waals surface area contributed by atoms with Crippen molar-refractivity contribution in [2.45, 2.75) is 0 Å². The molecule has 0 atom stereocenters. The molecule has 0 aliphatic carbocycles. The molecule has 0 saturated carbocycles. The zero-order chi connectivity index (χ0) is 19.4. The van der Waals surface area contributed by atoms with E-state index < -0.39 is 12.6 Å². The number of phenols is 1. The number of esters is 1. The van der Waals surface area contributed by atoms with Gasteiger partial charge in [0.1, 0.15) is 17.1 Å². The van der Waals surface area contributed by atoms with Crippen LogP contribution in [0.5, 0.6) is 5.75 Å². The van der Waals surface area contributed by atoms with E-state index in [-0.39, 0.29) is 28.1 Å². The van der Waals surface area contributed by atoms with Crippen molar-refractivity contribution in [3.8, 4) is 5.75 Å². The van der Waals surface area contributed by atoms with Crippen molar-refractivity contribution in [1.82, 2.24) is 4.90 Å². The lowest BCUT2D eigenvalue weighted by molar-refractivity contribution is -0.134. The normalized spacial score (nSPS) is 14.1. The van der Waals surface area contributed by atoms with Crippen LogP contribution in [0.15, 0.2) is 42.5 Å². The van der Waals surface area contributed by atoms with E-state index in [9.17, 15) is 19.1 Å². The van der Waals surface area contributed by atoms with Crippen LogP contribution in [0.4, 0.5) is 10.1 Å². The Morgan fingerprint density at radius 3 is 2.41 bits per heavy atom. The van der Waals surface area contributed by atoms with Gasteiger partial charge >= 0.3 is 5.97 Å². The number of ether oxygens (including phenoxy) is 1. The summed E-state index contributed by atoms with van der Waals surface area (Å²) in [6.07, 6.45) is 0. The minimum atomic E-state index is -0.812. The molecule has 8 heteroatoms. The van der Waals surface area contributed by atoms with Crippen molar-refractivity contribution >= 4 is 29.2 Å². The number of hydrogen-bond acceptors (Lipinski definition) is 5. The Morgan fingerprint density at radius 1 is 1.07 bits per heavy atom. The lowest BCUT2D eigenvalue weighted by Gasteiger charge is -2.36. The molecule has 1 saturated heterocycles. The molecule has 0 radical (unpaired) electrons. The number of carbonyl (C=O) groups excluding carboxylic acids is 2. The Kier molecular flexibility index (Phi) is 5.81. The van der Waals surface area contributed by atoms with Gasteiger partial charge in [0, 0.05) is 36.9 Å². The minimum absolute atomic E-state index is 0.0866. The summed E-state index contributed by atoms with van der Waals surface area (Å²) in [4.78, 5) is 27.9. The summed E-state index contributed by atoms with van der Waals surface area (Å²) in [5, 5.41) is 9.97. The number of aromatic hydroxyl groups is 1. The number of carbonyl (C=O) groups is 2. The van der Waals surface area contributed by atoms with Crippen LogP contribution in [0.25, 0.3) is 0 Å². The molecule has 0 spiro atoms. The largest absolute Gasteiger partial charge is 0.507 e. The van der Waals surface area contributed by atoms with Crippen LogP contribution < -0.4 is 4.90 Å². The molecule has 1 aliphatic heterocycles. The van der Waals surface area contributed by atoms with Gasteiger partial charge in [-0.15, -0.1) is 0 Å². The van der Waals surface area contributed by atoms with Gasteiger partial charge in [-0.05, 0) is 42.5 Å². The third kappa shape index (κ3) is 4.68. The monoisotopic (exact) mass is 392 g/mol. The number of hydrogen-bond donors (Lipinski definition) is 1. The number of halogens is 2. The van der Waals surface area contributed by atoms with Crippen LogP contribution in [0.1, 0.15) is 10.4 Å². The van der Waals surface area contributed by atoms with E-state index in [4.69, 9.17) is 16.3 Å². The van der Waals surface area contributed by atoms with Gasteiger partial charge in [-0.25, -0.2) is 9.18 Å². The van der Waals surface area contributed by atoms with Gasteiger partial charge in [-0.3, -0.25) is 4.79 Å². The summed E-state index contributed by atoms with van der Waals surface area (Å²) in [6.45, 7) is 1.72. The fourth-order valence-corrected chi connectivity index (χ4v) is 3.01. The molecule has 0 aromatic heterocycles. The molecule has 1 fully saturated rings. The number of amides is 1. The second-order valence-electron chi connectivity index (χ2n) is 6.08. The van der Waals surface area contributed by atoms with Crippen molar-refractivity contribution in [2.24, 2.45) is 0 Å². The van der Waals surface area contributed by atoms with Gasteiger partial charge < -0.3 is 19.6 Å². The first-order valence-corrected chi connectivity index (χ1v) is 8.76. The number of piperazine rings is 1. The molecule has 2 aromatic rings. The number of anilines is 1. The average Bonchev–Trinajstić information content (AvgIpc) is 2.68. The Labute approximate surface area is 160 Å². The third-order valence-electron chi connectivity index (χ3n) is 4.33. The molecule has 1 amide bonds. The molecule has 1 N–H and O–H groups in total. The van der Waals surface area contributed by atoms with Gasteiger partial charge in [-0.1, -0.05) is 11.6 Å². The van der Waals surface area contributed by atoms with Gasteiger partial charge in [0.05, 0.1) is 0 Å². The summed E-state index contributed by atoms with van der Waals surface area (Å²) in [6, 6.07) is 10.2. The molecule has 0 bridgehead atoms. The third-order valence-corrected chi connectivity index (χ3v) is 4.56. The van der Waals surface area contributed by atoms with Crippen LogP contribution in [-0.4, -0.2) is 54.7 Å². The topological polar surface area (TPSA) is 70.1 Å². The highest BCUT2D eigenvalue weighted by Crippen LogP contribution is 2.22. The molecule has 27 heavy (non-hydrogen) atoms. The van der Waals surface area contributed by atoms with Crippen LogP contribution >= 0.6 is 11.6 Å². The fraction of sp³-hybridized carbons (Fsp3) is 0.263. The fourth-order valence-electron chi connectivity index (χ4n) is 2.83. The molecular formula is C19H18ClFN2O4. The van der Waals surface area contributed by atoms with E-state index in [1.807, 2.05) is 0 Å². The first-order valence-electron chi connectivity index (χ1n) is 8.38. The maximum Gasteiger partial charge on any atom is 0.342 e. The lowest BCUT2D eigenvalue weighted by atomic mass is 10.2. The minimum Gasteiger partial charge on any atom is -0.507 e. The number of benzene rings is 2. The molecule has 1 aliphatic rings. The maximum absolute atomic E-state index is 13.0. The Balaban J connectivity index is 1.50. The Hall–Kier alpha value is -2.80. The van der Waals surface area contributed by atoms with E-state index in [0.29, 0.717) is 26.2 Å². The van der Waals surface area contributed by atoms with Crippen LogP contribution in [0.3, 0.4) is 0 Å². The second kappa shape index (κ2) is 8.26. The van der Waals surface area contributed by atoms with Crippen molar-refractivity contribution < 1.29 is 23.8 Å². The highest BCUT2D eigenvalue weighted by Gasteiger charge is 2.23. The van der Waals surface area contributed by atoms with Gasteiger partial charge in [-0.2, -0.15) is 0 Å². The zero-order valence-corrected chi connectivity index (χ0v) is 15.2. The molecule has 142 valence electrons. The first-order chi connectivity index (χ1) is 12.9. The van der Waals surface area contributed by atoms with Crippen molar-refractivity contribution in [3.05, 3.63) is 58.9 Å². The van der Waals surface area contributed by atoms with E-state index >= 15 is 0 Å².